The molecule has 0 saturated carbocycles. The van der Waals surface area contributed by atoms with Crippen LogP contribution < -0.4 is 10.7 Å². The molecule has 0 atom stereocenters. The van der Waals surface area contributed by atoms with Gasteiger partial charge in [0.25, 0.3) is 0 Å². The van der Waals surface area contributed by atoms with Crippen molar-refractivity contribution in [3.8, 4) is 0 Å². The molecular formula is C5H11N2O+. The molecule has 0 saturated heterocycles. The molecule has 0 spiro atoms. The normalized spacial score (nSPS) is 8.25. The molecule has 0 aromatic rings. The summed E-state index contributed by atoms with van der Waals surface area (Å²) in [6.07, 6.45) is 0.330. The first kappa shape index (κ1) is 7.14. The number of nitrogens with two attached hydrogens (primary N) is 1. The first-order valence-electron chi connectivity index (χ1n) is 2.45. The molecule has 0 aromatic heterocycles. The van der Waals surface area contributed by atoms with Crippen molar-refractivity contribution < 1.29 is 10.2 Å². The van der Waals surface area contributed by atoms with Gasteiger partial charge in [-0.2, -0.15) is 0 Å². The van der Waals surface area contributed by atoms with Crippen molar-refractivity contribution in [1.29, 1.82) is 0 Å². The predicted molar refractivity (Wildman–Crippen MR) is 31.3 cm³/mol. The quantitative estimate of drug-likeness (QED) is 0.416. The van der Waals surface area contributed by atoms with Crippen LogP contribution in [0.3, 0.4) is 0 Å². The minimum absolute atomic E-state index is 0.0370. The van der Waals surface area contributed by atoms with Gasteiger partial charge in [-0.25, -0.2) is 0 Å². The van der Waals surface area contributed by atoms with Gasteiger partial charge in [0.15, 0.2) is 5.71 Å². The first-order valence-corrected chi connectivity index (χ1v) is 2.45. The minimum atomic E-state index is -0.0370. The Morgan fingerprint density at radius 3 is 2.38 bits per heavy atom. The molecule has 0 aliphatic carbocycles. The molecule has 3 heteroatoms. The minimum Gasteiger partial charge on any atom is -0.359 e. The summed E-state index contributed by atoms with van der Waals surface area (Å²) in [5, 5.41) is 7.68. The van der Waals surface area contributed by atoms with E-state index in [2.05, 4.69) is 5.32 Å². The van der Waals surface area contributed by atoms with Crippen LogP contribution in [0.15, 0.2) is 0 Å². The van der Waals surface area contributed by atoms with Crippen LogP contribution in [0.2, 0.25) is 0 Å². The van der Waals surface area contributed by atoms with Crippen molar-refractivity contribution in [2.24, 2.45) is 0 Å². The van der Waals surface area contributed by atoms with E-state index in [0.29, 0.717) is 12.1 Å². The highest BCUT2D eigenvalue weighted by atomic mass is 16.1. The van der Waals surface area contributed by atoms with Crippen LogP contribution in [0.25, 0.3) is 0 Å². The van der Waals surface area contributed by atoms with Crippen LogP contribution in [-0.2, 0) is 4.79 Å². The molecule has 0 fully saturated rings. The van der Waals surface area contributed by atoms with E-state index in [4.69, 9.17) is 5.41 Å². The van der Waals surface area contributed by atoms with Gasteiger partial charge in [-0.15, -0.1) is 0 Å². The van der Waals surface area contributed by atoms with Gasteiger partial charge >= 0.3 is 0 Å². The smallest absolute Gasteiger partial charge is 0.229 e. The zero-order valence-corrected chi connectivity index (χ0v) is 5.19. The average Bonchev–Trinajstić information content (AvgIpc) is 1.65. The van der Waals surface area contributed by atoms with E-state index >= 15 is 0 Å². The largest absolute Gasteiger partial charge is 0.359 e. The maximum Gasteiger partial charge on any atom is 0.229 e. The van der Waals surface area contributed by atoms with Crippen LogP contribution in [0.5, 0.6) is 0 Å². The van der Waals surface area contributed by atoms with E-state index in [9.17, 15) is 4.79 Å². The summed E-state index contributed by atoms with van der Waals surface area (Å²) >= 11 is 0. The molecule has 3 N–H and O–H groups in total. The number of hydrogen-bond acceptors (Lipinski definition) is 1. The zero-order chi connectivity index (χ0) is 6.57. The fourth-order valence-electron chi connectivity index (χ4n) is 0.342. The van der Waals surface area contributed by atoms with Gasteiger partial charge in [0, 0.05) is 14.0 Å². The average molecular weight is 115 g/mol. The van der Waals surface area contributed by atoms with Crippen LogP contribution in [-0.4, -0.2) is 18.7 Å². The van der Waals surface area contributed by atoms with Crippen molar-refractivity contribution in [2.45, 2.75) is 13.3 Å². The first-order chi connectivity index (χ1) is 3.66. The SMILES string of the molecule is CNC(=O)CC(C)=[NH2+]. The van der Waals surface area contributed by atoms with E-state index < -0.39 is 0 Å². The number of amides is 1. The molecule has 0 radical (unpaired) electrons. The second-order valence-electron chi connectivity index (χ2n) is 1.70. The van der Waals surface area contributed by atoms with E-state index in [1.165, 1.54) is 0 Å². The van der Waals surface area contributed by atoms with Crippen molar-refractivity contribution in [1.82, 2.24) is 5.32 Å². The van der Waals surface area contributed by atoms with Crippen molar-refractivity contribution in [3.63, 3.8) is 0 Å². The summed E-state index contributed by atoms with van der Waals surface area (Å²) in [5.41, 5.74) is 0.643. The van der Waals surface area contributed by atoms with E-state index in [-0.39, 0.29) is 5.91 Å². The lowest BCUT2D eigenvalue weighted by molar-refractivity contribution is -0.126. The highest BCUT2D eigenvalue weighted by Gasteiger charge is 2.00. The summed E-state index contributed by atoms with van der Waals surface area (Å²) in [6.45, 7) is 1.72. The van der Waals surface area contributed by atoms with E-state index in [1.807, 2.05) is 0 Å². The molecule has 0 aliphatic heterocycles. The van der Waals surface area contributed by atoms with Crippen LogP contribution in [0.4, 0.5) is 0 Å². The van der Waals surface area contributed by atoms with Crippen LogP contribution in [0.1, 0.15) is 13.3 Å². The Labute approximate surface area is 48.6 Å². The molecule has 46 valence electrons. The Morgan fingerprint density at radius 2 is 2.25 bits per heavy atom. The Hall–Kier alpha value is -0.860. The van der Waals surface area contributed by atoms with Gasteiger partial charge < -0.3 is 5.32 Å². The second-order valence-corrected chi connectivity index (χ2v) is 1.70. The fourth-order valence-corrected chi connectivity index (χ4v) is 0.342. The lowest BCUT2D eigenvalue weighted by Crippen LogP contribution is -2.40. The predicted octanol–water partition coefficient (Wildman–Crippen LogP) is -1.66. The summed E-state index contributed by atoms with van der Waals surface area (Å²) in [7, 11) is 1.59. The van der Waals surface area contributed by atoms with E-state index in [0.717, 1.165) is 0 Å². The highest BCUT2D eigenvalue weighted by molar-refractivity contribution is 5.96. The number of carbonyl (C=O) groups excluding carboxylic acids is 1. The van der Waals surface area contributed by atoms with Crippen molar-refractivity contribution in [3.05, 3.63) is 0 Å². The van der Waals surface area contributed by atoms with Crippen molar-refractivity contribution >= 4 is 11.6 Å². The van der Waals surface area contributed by atoms with Gasteiger partial charge in [0.1, 0.15) is 6.42 Å². The van der Waals surface area contributed by atoms with Gasteiger partial charge in [-0.1, -0.05) is 0 Å². The lowest BCUT2D eigenvalue weighted by Gasteiger charge is -1.90. The molecule has 0 heterocycles. The molecular weight excluding hydrogens is 104 g/mol. The second kappa shape index (κ2) is 3.18. The third kappa shape index (κ3) is 3.33. The topological polar surface area (TPSA) is 54.7 Å². The van der Waals surface area contributed by atoms with Crippen LogP contribution in [0, 0.1) is 0 Å². The third-order valence-corrected chi connectivity index (χ3v) is 0.718. The summed E-state index contributed by atoms with van der Waals surface area (Å²) in [5.74, 6) is -0.0370. The molecule has 3 nitrogen and oxygen atoms in total. The fraction of sp³-hybridized carbons (Fsp3) is 0.600. The molecule has 0 rings (SSSR count). The van der Waals surface area contributed by atoms with Crippen molar-refractivity contribution in [2.75, 3.05) is 7.05 Å². The summed E-state index contributed by atoms with van der Waals surface area (Å²) in [6, 6.07) is 0. The van der Waals surface area contributed by atoms with Gasteiger partial charge in [0.2, 0.25) is 5.91 Å². The highest BCUT2D eigenvalue weighted by Crippen LogP contribution is 1.75. The Balaban J connectivity index is 3.40. The third-order valence-electron chi connectivity index (χ3n) is 0.718. The number of carbonyl (C=O) groups is 1. The molecule has 0 aliphatic rings. The van der Waals surface area contributed by atoms with Gasteiger partial charge in [-0.05, 0) is 0 Å². The number of rotatable bonds is 2. The summed E-state index contributed by atoms with van der Waals surface area (Å²) < 4.78 is 0. The Morgan fingerprint density at radius 1 is 1.75 bits per heavy atom. The Bertz CT molecular complexity index is 109. The molecule has 0 aromatic carbocycles. The van der Waals surface area contributed by atoms with Gasteiger partial charge in [0.05, 0.1) is 0 Å². The number of nitrogens with one attached hydrogen (secondary N) is 1. The molecule has 0 bridgehead atoms. The lowest BCUT2D eigenvalue weighted by atomic mass is 10.3. The summed E-state index contributed by atoms with van der Waals surface area (Å²) in [4.78, 5) is 10.4. The molecule has 0 unspecified atom stereocenters. The maximum atomic E-state index is 10.4. The van der Waals surface area contributed by atoms with E-state index in [1.54, 1.807) is 14.0 Å². The van der Waals surface area contributed by atoms with Gasteiger partial charge in [-0.3, -0.25) is 10.2 Å². The maximum absolute atomic E-state index is 10.4. The molecule has 1 amide bonds. The Kier molecular flexibility index (Phi) is 2.84. The van der Waals surface area contributed by atoms with Crippen LogP contribution >= 0.6 is 0 Å². The zero-order valence-electron chi connectivity index (χ0n) is 5.19. The standard InChI is InChI=1S/C5H10N2O/c1-4(6)3-5(8)7-2/h6H,3H2,1-2H3,(H,7,8)/p+1. The monoisotopic (exact) mass is 115 g/mol. The number of hydrogen-bond donors (Lipinski definition) is 2. The molecule has 8 heavy (non-hydrogen) atoms.